The van der Waals surface area contributed by atoms with E-state index in [2.05, 4.69) is 15.0 Å². The van der Waals surface area contributed by atoms with Crippen LogP contribution in [0.2, 0.25) is 0 Å². The first kappa shape index (κ1) is 20.5. The fourth-order valence-corrected chi connectivity index (χ4v) is 2.87. The van der Waals surface area contributed by atoms with Crippen LogP contribution in [0.15, 0.2) is 43.2 Å². The molecule has 0 atom stereocenters. The van der Waals surface area contributed by atoms with Gasteiger partial charge in [0.15, 0.2) is 0 Å². The highest BCUT2D eigenvalue weighted by atomic mass is 16.5. The molecule has 0 fully saturated rings. The van der Waals surface area contributed by atoms with Gasteiger partial charge in [0.1, 0.15) is 18.2 Å². The third-order valence-corrected chi connectivity index (χ3v) is 4.31. The van der Waals surface area contributed by atoms with Gasteiger partial charge in [-0.15, -0.1) is 0 Å². The van der Waals surface area contributed by atoms with Gasteiger partial charge in [0, 0.05) is 54.5 Å². The molecule has 0 spiro atoms. The van der Waals surface area contributed by atoms with Gasteiger partial charge in [0.05, 0.1) is 24.2 Å². The van der Waals surface area contributed by atoms with Crippen LogP contribution in [-0.2, 0) is 10.2 Å². The summed E-state index contributed by atoms with van der Waals surface area (Å²) in [7, 11) is 1.60. The minimum Gasteiger partial charge on any atom is -0.491 e. The Labute approximate surface area is 169 Å². The van der Waals surface area contributed by atoms with Crippen molar-refractivity contribution in [3.8, 4) is 22.6 Å². The molecule has 3 rings (SSSR count). The first-order valence-electron chi connectivity index (χ1n) is 9.22. The van der Waals surface area contributed by atoms with E-state index in [-0.39, 0.29) is 5.41 Å². The Morgan fingerprint density at radius 2 is 1.90 bits per heavy atom. The highest BCUT2D eigenvalue weighted by Gasteiger charge is 2.21. The quantitative estimate of drug-likeness (QED) is 0.617. The number of hydrogen-bond donors (Lipinski definition) is 1. The monoisotopic (exact) mass is 395 g/mol. The molecule has 0 aliphatic heterocycles. The predicted molar refractivity (Wildman–Crippen MR) is 109 cm³/mol. The molecular formula is C21H25N5O3. The lowest BCUT2D eigenvalue weighted by Gasteiger charge is -2.19. The van der Waals surface area contributed by atoms with Crippen LogP contribution < -0.4 is 10.5 Å². The summed E-state index contributed by atoms with van der Waals surface area (Å²) in [5, 5.41) is 0. The molecule has 0 saturated carbocycles. The van der Waals surface area contributed by atoms with Crippen LogP contribution in [0.3, 0.4) is 0 Å². The standard InChI is InChI=1S/C21H25N5O3/c1-21(2,3)20-24-11-14(12-25-20)18-16(19(22)27)9-15(29-8-7-28-4)10-17(18)26-6-5-23-13-26/h5-6,9-13H,7-8H2,1-4H3,(H2,22,27). The van der Waals surface area contributed by atoms with Gasteiger partial charge in [0.2, 0.25) is 5.91 Å². The zero-order valence-electron chi connectivity index (χ0n) is 17.0. The summed E-state index contributed by atoms with van der Waals surface area (Å²) in [6.45, 7) is 6.90. The second-order valence-electron chi connectivity index (χ2n) is 7.59. The summed E-state index contributed by atoms with van der Waals surface area (Å²) in [4.78, 5) is 25.4. The topological polar surface area (TPSA) is 105 Å². The molecule has 8 nitrogen and oxygen atoms in total. The first-order chi connectivity index (χ1) is 13.8. The van der Waals surface area contributed by atoms with Gasteiger partial charge in [-0.1, -0.05) is 20.8 Å². The highest BCUT2D eigenvalue weighted by molar-refractivity contribution is 6.02. The third kappa shape index (κ3) is 4.60. The van der Waals surface area contributed by atoms with Gasteiger partial charge >= 0.3 is 0 Å². The zero-order valence-corrected chi connectivity index (χ0v) is 17.0. The lowest BCUT2D eigenvalue weighted by atomic mass is 9.95. The van der Waals surface area contributed by atoms with Crippen molar-refractivity contribution in [2.75, 3.05) is 20.3 Å². The summed E-state index contributed by atoms with van der Waals surface area (Å²) in [6, 6.07) is 3.46. The predicted octanol–water partition coefficient (Wildman–Crippen LogP) is 2.75. The van der Waals surface area contributed by atoms with E-state index in [0.29, 0.717) is 47.2 Å². The van der Waals surface area contributed by atoms with Crippen molar-refractivity contribution < 1.29 is 14.3 Å². The maximum atomic E-state index is 12.3. The zero-order chi connectivity index (χ0) is 21.0. The van der Waals surface area contributed by atoms with Crippen LogP contribution in [0.25, 0.3) is 16.8 Å². The number of rotatable bonds is 7. The molecule has 0 bridgehead atoms. The van der Waals surface area contributed by atoms with Crippen molar-refractivity contribution >= 4 is 5.91 Å². The molecule has 2 aromatic heterocycles. The van der Waals surface area contributed by atoms with Gasteiger partial charge in [-0.3, -0.25) is 4.79 Å². The van der Waals surface area contributed by atoms with Crippen LogP contribution in [0.1, 0.15) is 37.0 Å². The molecule has 1 amide bonds. The van der Waals surface area contributed by atoms with E-state index in [1.165, 1.54) is 0 Å². The number of ether oxygens (including phenoxy) is 2. The lowest BCUT2D eigenvalue weighted by molar-refractivity contribution is 0.1000. The SMILES string of the molecule is COCCOc1cc(C(N)=O)c(-c2cnc(C(C)(C)C)nc2)c(-n2ccnc2)c1. The van der Waals surface area contributed by atoms with Gasteiger partial charge in [-0.2, -0.15) is 0 Å². The molecule has 2 heterocycles. The maximum Gasteiger partial charge on any atom is 0.249 e. The van der Waals surface area contributed by atoms with Gasteiger partial charge in [-0.05, 0) is 6.07 Å². The van der Waals surface area contributed by atoms with Crippen LogP contribution in [0.5, 0.6) is 5.75 Å². The molecular weight excluding hydrogens is 370 g/mol. The molecule has 29 heavy (non-hydrogen) atoms. The number of primary amides is 1. The number of imidazole rings is 1. The van der Waals surface area contributed by atoms with Gasteiger partial charge in [0.25, 0.3) is 0 Å². The Balaban J connectivity index is 2.17. The Kier molecular flexibility index (Phi) is 5.93. The number of nitrogens with two attached hydrogens (primary N) is 1. The fourth-order valence-electron chi connectivity index (χ4n) is 2.87. The molecule has 0 aliphatic carbocycles. The number of hydrogen-bond acceptors (Lipinski definition) is 6. The average molecular weight is 395 g/mol. The number of carbonyl (C=O) groups excluding carboxylic acids is 1. The third-order valence-electron chi connectivity index (χ3n) is 4.31. The molecule has 8 heteroatoms. The van der Waals surface area contributed by atoms with E-state index in [0.717, 1.165) is 0 Å². The Bertz CT molecular complexity index is 977. The second-order valence-corrected chi connectivity index (χ2v) is 7.59. The van der Waals surface area contributed by atoms with Gasteiger partial charge in [-0.25, -0.2) is 15.0 Å². The van der Waals surface area contributed by atoms with Crippen molar-refractivity contribution in [1.29, 1.82) is 0 Å². The van der Waals surface area contributed by atoms with Crippen LogP contribution in [0, 0.1) is 0 Å². The van der Waals surface area contributed by atoms with Crippen molar-refractivity contribution in [2.45, 2.75) is 26.2 Å². The number of nitrogens with zero attached hydrogens (tertiary/aromatic N) is 4. The number of benzene rings is 1. The molecule has 2 N–H and O–H groups in total. The van der Waals surface area contributed by atoms with E-state index in [9.17, 15) is 4.79 Å². The minimum atomic E-state index is -0.571. The van der Waals surface area contributed by atoms with E-state index in [1.54, 1.807) is 48.9 Å². The summed E-state index contributed by atoms with van der Waals surface area (Å²) >= 11 is 0. The van der Waals surface area contributed by atoms with E-state index < -0.39 is 5.91 Å². The molecule has 1 aromatic carbocycles. The van der Waals surface area contributed by atoms with E-state index >= 15 is 0 Å². The summed E-state index contributed by atoms with van der Waals surface area (Å²) < 4.78 is 12.6. The number of aromatic nitrogens is 4. The fraction of sp³-hybridized carbons (Fsp3) is 0.333. The number of methoxy groups -OCH3 is 1. The largest absolute Gasteiger partial charge is 0.491 e. The molecule has 3 aromatic rings. The molecule has 0 aliphatic rings. The molecule has 0 unspecified atom stereocenters. The Morgan fingerprint density at radius 1 is 1.17 bits per heavy atom. The molecule has 0 radical (unpaired) electrons. The second kappa shape index (κ2) is 8.40. The van der Waals surface area contributed by atoms with Crippen molar-refractivity contribution in [1.82, 2.24) is 19.5 Å². The molecule has 0 saturated heterocycles. The summed E-state index contributed by atoms with van der Waals surface area (Å²) in [5.74, 6) is 0.652. The van der Waals surface area contributed by atoms with Crippen LogP contribution in [0.4, 0.5) is 0 Å². The van der Waals surface area contributed by atoms with Crippen molar-refractivity contribution in [3.63, 3.8) is 0 Å². The Morgan fingerprint density at radius 3 is 2.45 bits per heavy atom. The van der Waals surface area contributed by atoms with Gasteiger partial charge < -0.3 is 19.8 Å². The van der Waals surface area contributed by atoms with E-state index in [4.69, 9.17) is 15.2 Å². The lowest BCUT2D eigenvalue weighted by Crippen LogP contribution is -2.17. The number of amides is 1. The smallest absolute Gasteiger partial charge is 0.249 e. The first-order valence-corrected chi connectivity index (χ1v) is 9.22. The maximum absolute atomic E-state index is 12.3. The normalized spacial score (nSPS) is 11.4. The Hall–Kier alpha value is -3.26. The van der Waals surface area contributed by atoms with Crippen LogP contribution in [-0.4, -0.2) is 45.7 Å². The minimum absolute atomic E-state index is 0.183. The average Bonchev–Trinajstić information content (AvgIpc) is 3.21. The summed E-state index contributed by atoms with van der Waals surface area (Å²) in [5.41, 5.74) is 7.84. The van der Waals surface area contributed by atoms with Crippen molar-refractivity contribution in [3.05, 3.63) is 54.6 Å². The summed E-state index contributed by atoms with van der Waals surface area (Å²) in [6.07, 6.45) is 8.51. The van der Waals surface area contributed by atoms with E-state index in [1.807, 2.05) is 26.8 Å². The van der Waals surface area contributed by atoms with Crippen molar-refractivity contribution in [2.24, 2.45) is 5.73 Å². The highest BCUT2D eigenvalue weighted by Crippen LogP contribution is 2.34. The van der Waals surface area contributed by atoms with Crippen LogP contribution >= 0.6 is 0 Å². The molecule has 152 valence electrons. The number of carbonyl (C=O) groups is 1.